The first-order chi connectivity index (χ1) is 14.1. The summed E-state index contributed by atoms with van der Waals surface area (Å²) in [5, 5.41) is 2.89. The zero-order valence-electron chi connectivity index (χ0n) is 17.3. The highest BCUT2D eigenvalue weighted by molar-refractivity contribution is 5.97. The SMILES string of the molecule is CCC(Oc1ccc(C)cc1)C(=O)Nc1ccc(C(=O)N2CCCCCC2)cc1. The smallest absolute Gasteiger partial charge is 0.265 e. The number of ether oxygens (including phenoxy) is 1. The van der Waals surface area contributed by atoms with Gasteiger partial charge in [0.05, 0.1) is 0 Å². The van der Waals surface area contributed by atoms with Crippen molar-refractivity contribution in [2.45, 2.75) is 52.1 Å². The number of hydrogen-bond acceptors (Lipinski definition) is 3. The first kappa shape index (κ1) is 20.9. The van der Waals surface area contributed by atoms with E-state index in [0.717, 1.165) is 31.5 Å². The summed E-state index contributed by atoms with van der Waals surface area (Å²) < 4.78 is 5.83. The maximum absolute atomic E-state index is 12.7. The Labute approximate surface area is 173 Å². The predicted molar refractivity (Wildman–Crippen MR) is 115 cm³/mol. The van der Waals surface area contributed by atoms with Gasteiger partial charge in [-0.15, -0.1) is 0 Å². The van der Waals surface area contributed by atoms with Crippen LogP contribution < -0.4 is 10.1 Å². The number of amides is 2. The van der Waals surface area contributed by atoms with Crippen molar-refractivity contribution < 1.29 is 14.3 Å². The number of nitrogens with zero attached hydrogens (tertiary/aromatic N) is 1. The highest BCUT2D eigenvalue weighted by Gasteiger charge is 2.20. The maximum atomic E-state index is 12.7. The summed E-state index contributed by atoms with van der Waals surface area (Å²) in [7, 11) is 0. The predicted octanol–water partition coefficient (Wildman–Crippen LogP) is 4.81. The Morgan fingerprint density at radius 2 is 1.59 bits per heavy atom. The number of aryl methyl sites for hydroxylation is 1. The minimum atomic E-state index is -0.573. The molecule has 29 heavy (non-hydrogen) atoms. The normalized spacial score (nSPS) is 15.3. The number of anilines is 1. The van der Waals surface area contributed by atoms with Crippen LogP contribution in [0.2, 0.25) is 0 Å². The van der Waals surface area contributed by atoms with Crippen LogP contribution in [-0.2, 0) is 4.79 Å². The van der Waals surface area contributed by atoms with Gasteiger partial charge in [0.25, 0.3) is 11.8 Å². The summed E-state index contributed by atoms with van der Waals surface area (Å²) in [6.07, 6.45) is 4.51. The fraction of sp³-hybridized carbons (Fsp3) is 0.417. The monoisotopic (exact) mass is 394 g/mol. The maximum Gasteiger partial charge on any atom is 0.265 e. The molecule has 1 aliphatic heterocycles. The lowest BCUT2D eigenvalue weighted by Crippen LogP contribution is -2.32. The zero-order chi connectivity index (χ0) is 20.6. The second-order valence-corrected chi connectivity index (χ2v) is 7.60. The van der Waals surface area contributed by atoms with E-state index < -0.39 is 6.10 Å². The molecule has 2 aromatic rings. The van der Waals surface area contributed by atoms with E-state index in [0.29, 0.717) is 23.4 Å². The molecule has 3 rings (SSSR count). The Morgan fingerprint density at radius 1 is 0.966 bits per heavy atom. The molecule has 1 aliphatic rings. The van der Waals surface area contributed by atoms with Crippen LogP contribution >= 0.6 is 0 Å². The third-order valence-corrected chi connectivity index (χ3v) is 5.26. The molecule has 1 fully saturated rings. The lowest BCUT2D eigenvalue weighted by molar-refractivity contribution is -0.122. The third-order valence-electron chi connectivity index (χ3n) is 5.26. The average molecular weight is 395 g/mol. The molecular weight excluding hydrogens is 364 g/mol. The lowest BCUT2D eigenvalue weighted by Gasteiger charge is -2.20. The number of rotatable bonds is 6. The molecule has 0 spiro atoms. The van der Waals surface area contributed by atoms with E-state index in [2.05, 4.69) is 5.32 Å². The van der Waals surface area contributed by atoms with Crippen molar-refractivity contribution in [3.05, 3.63) is 59.7 Å². The van der Waals surface area contributed by atoms with Gasteiger partial charge >= 0.3 is 0 Å². The van der Waals surface area contributed by atoms with Crippen molar-refractivity contribution in [1.82, 2.24) is 4.90 Å². The first-order valence-electron chi connectivity index (χ1n) is 10.5. The lowest BCUT2D eigenvalue weighted by atomic mass is 10.1. The molecule has 2 amide bonds. The van der Waals surface area contributed by atoms with E-state index in [9.17, 15) is 9.59 Å². The minimum absolute atomic E-state index is 0.0684. The number of hydrogen-bond donors (Lipinski definition) is 1. The molecule has 154 valence electrons. The van der Waals surface area contributed by atoms with Gasteiger partial charge in [0, 0.05) is 24.3 Å². The Morgan fingerprint density at radius 3 is 2.17 bits per heavy atom. The van der Waals surface area contributed by atoms with Crippen LogP contribution in [0.5, 0.6) is 5.75 Å². The number of carbonyl (C=O) groups excluding carboxylic acids is 2. The standard InChI is InChI=1S/C24H30N2O3/c1-3-22(29-21-14-8-18(2)9-15-21)23(27)25-20-12-10-19(11-13-20)24(28)26-16-6-4-5-7-17-26/h8-15,22H,3-7,16-17H2,1-2H3,(H,25,27). The fourth-order valence-corrected chi connectivity index (χ4v) is 3.48. The van der Waals surface area contributed by atoms with E-state index in [-0.39, 0.29) is 11.8 Å². The molecule has 0 aliphatic carbocycles. The van der Waals surface area contributed by atoms with E-state index in [1.165, 1.54) is 12.8 Å². The minimum Gasteiger partial charge on any atom is -0.481 e. The highest BCUT2D eigenvalue weighted by Crippen LogP contribution is 2.18. The van der Waals surface area contributed by atoms with Crippen molar-refractivity contribution in [2.24, 2.45) is 0 Å². The van der Waals surface area contributed by atoms with Gasteiger partial charge in [0.2, 0.25) is 0 Å². The van der Waals surface area contributed by atoms with Gasteiger partial charge in [0.15, 0.2) is 6.10 Å². The summed E-state index contributed by atoms with van der Waals surface area (Å²) in [6, 6.07) is 14.8. The molecule has 5 nitrogen and oxygen atoms in total. The number of likely N-dealkylation sites (tertiary alicyclic amines) is 1. The molecule has 1 heterocycles. The number of carbonyl (C=O) groups is 2. The molecule has 1 unspecified atom stereocenters. The fourth-order valence-electron chi connectivity index (χ4n) is 3.48. The first-order valence-corrected chi connectivity index (χ1v) is 10.5. The molecule has 0 radical (unpaired) electrons. The van der Waals surface area contributed by atoms with Gasteiger partial charge in [0.1, 0.15) is 5.75 Å². The summed E-state index contributed by atoms with van der Waals surface area (Å²) in [5.74, 6) is 0.551. The van der Waals surface area contributed by atoms with Crippen LogP contribution in [0.25, 0.3) is 0 Å². The summed E-state index contributed by atoms with van der Waals surface area (Å²) >= 11 is 0. The van der Waals surface area contributed by atoms with Gasteiger partial charge in [-0.05, 0) is 62.6 Å². The number of benzene rings is 2. The van der Waals surface area contributed by atoms with Gasteiger partial charge in [-0.1, -0.05) is 37.5 Å². The topological polar surface area (TPSA) is 58.6 Å². The van der Waals surface area contributed by atoms with Gasteiger partial charge in [-0.2, -0.15) is 0 Å². The van der Waals surface area contributed by atoms with Crippen molar-refractivity contribution >= 4 is 17.5 Å². The molecule has 5 heteroatoms. The average Bonchev–Trinajstić information content (AvgIpc) is 3.03. The summed E-state index contributed by atoms with van der Waals surface area (Å²) in [6.45, 7) is 5.58. The Kier molecular flexibility index (Phi) is 7.28. The van der Waals surface area contributed by atoms with Crippen LogP contribution in [0.4, 0.5) is 5.69 Å². The summed E-state index contributed by atoms with van der Waals surface area (Å²) in [4.78, 5) is 27.2. The van der Waals surface area contributed by atoms with Gasteiger partial charge < -0.3 is 15.0 Å². The van der Waals surface area contributed by atoms with Gasteiger partial charge in [-0.25, -0.2) is 0 Å². The zero-order valence-corrected chi connectivity index (χ0v) is 17.3. The van der Waals surface area contributed by atoms with Crippen LogP contribution in [0, 0.1) is 6.92 Å². The van der Waals surface area contributed by atoms with Crippen molar-refractivity contribution in [2.75, 3.05) is 18.4 Å². The van der Waals surface area contributed by atoms with Crippen LogP contribution in [0.3, 0.4) is 0 Å². The Bertz CT molecular complexity index is 807. The molecule has 2 aromatic carbocycles. The van der Waals surface area contributed by atoms with E-state index >= 15 is 0 Å². The van der Waals surface area contributed by atoms with Crippen molar-refractivity contribution in [3.8, 4) is 5.75 Å². The van der Waals surface area contributed by atoms with Gasteiger partial charge in [-0.3, -0.25) is 9.59 Å². The highest BCUT2D eigenvalue weighted by atomic mass is 16.5. The Hall–Kier alpha value is -2.82. The summed E-state index contributed by atoms with van der Waals surface area (Å²) in [5.41, 5.74) is 2.46. The van der Waals surface area contributed by atoms with Crippen molar-refractivity contribution in [1.29, 1.82) is 0 Å². The Balaban J connectivity index is 1.59. The van der Waals surface area contributed by atoms with Crippen molar-refractivity contribution in [3.63, 3.8) is 0 Å². The molecule has 0 aromatic heterocycles. The second-order valence-electron chi connectivity index (χ2n) is 7.60. The van der Waals surface area contributed by atoms with Crippen LogP contribution in [0.1, 0.15) is 54.9 Å². The second kappa shape index (κ2) is 10.1. The third kappa shape index (κ3) is 5.83. The largest absolute Gasteiger partial charge is 0.481 e. The van der Waals surface area contributed by atoms with Crippen LogP contribution in [-0.4, -0.2) is 35.9 Å². The van der Waals surface area contributed by atoms with E-state index in [1.807, 2.05) is 43.0 Å². The van der Waals surface area contributed by atoms with E-state index in [1.54, 1.807) is 24.3 Å². The van der Waals surface area contributed by atoms with Crippen LogP contribution in [0.15, 0.2) is 48.5 Å². The molecular formula is C24H30N2O3. The molecule has 0 saturated carbocycles. The quantitative estimate of drug-likeness (QED) is 0.765. The molecule has 1 atom stereocenters. The molecule has 1 N–H and O–H groups in total. The van der Waals surface area contributed by atoms with E-state index in [4.69, 9.17) is 4.74 Å². The molecule has 1 saturated heterocycles. The molecule has 0 bridgehead atoms. The number of nitrogens with one attached hydrogen (secondary N) is 1.